The van der Waals surface area contributed by atoms with Gasteiger partial charge in [0.15, 0.2) is 5.11 Å². The van der Waals surface area contributed by atoms with E-state index in [2.05, 4.69) is 108 Å². The lowest BCUT2D eigenvalue weighted by Gasteiger charge is -2.28. The van der Waals surface area contributed by atoms with Gasteiger partial charge in [0.05, 0.1) is 23.9 Å². The quantitative estimate of drug-likeness (QED) is 0.248. The van der Waals surface area contributed by atoms with Gasteiger partial charge in [-0.1, -0.05) is 6.07 Å². The minimum atomic E-state index is -0.0896. The summed E-state index contributed by atoms with van der Waals surface area (Å²) in [6.45, 7) is 4.38. The van der Waals surface area contributed by atoms with Crippen molar-refractivity contribution in [1.29, 1.82) is 0 Å². The number of nitrogens with one attached hydrogen (secondary N) is 1. The molecule has 3 heterocycles. The average Bonchev–Trinajstić information content (AvgIpc) is 3.67. The number of pyridine rings is 1. The summed E-state index contributed by atoms with van der Waals surface area (Å²) in [5, 5.41) is 4.30. The first-order valence-corrected chi connectivity index (χ1v) is 14.6. The molecule has 7 heteroatoms. The zero-order valence-electron chi connectivity index (χ0n) is 23.7. The number of aryl methyl sites for hydroxylation is 1. The molecule has 2 fully saturated rings. The maximum absolute atomic E-state index is 6.25. The molecule has 1 saturated heterocycles. The van der Waals surface area contributed by atoms with E-state index in [0.717, 1.165) is 35.7 Å². The van der Waals surface area contributed by atoms with E-state index in [9.17, 15) is 0 Å². The summed E-state index contributed by atoms with van der Waals surface area (Å²) in [5.41, 5.74) is 7.94. The third-order valence-corrected chi connectivity index (χ3v) is 8.55. The van der Waals surface area contributed by atoms with Gasteiger partial charge in [0.2, 0.25) is 0 Å². The van der Waals surface area contributed by atoms with Gasteiger partial charge in [0.25, 0.3) is 0 Å². The van der Waals surface area contributed by atoms with E-state index in [1.807, 2.05) is 18.3 Å². The van der Waals surface area contributed by atoms with E-state index in [4.69, 9.17) is 21.9 Å². The summed E-state index contributed by atoms with van der Waals surface area (Å²) in [6, 6.07) is 25.3. The zero-order chi connectivity index (χ0) is 27.8. The topological polar surface area (TPSA) is 45.6 Å². The fraction of sp³-hybridized carbons (Fsp3) is 0.333. The van der Waals surface area contributed by atoms with E-state index >= 15 is 0 Å². The smallest absolute Gasteiger partial charge is 0.174 e. The number of ether oxygens (including phenoxy) is 1. The first kappa shape index (κ1) is 26.4. The second-order valence-electron chi connectivity index (χ2n) is 11.1. The van der Waals surface area contributed by atoms with Crippen LogP contribution in [0.1, 0.15) is 60.4 Å². The molecule has 2 aliphatic rings. The first-order chi connectivity index (χ1) is 19.4. The highest BCUT2D eigenvalue weighted by Crippen LogP contribution is 2.44. The molecule has 6 rings (SSSR count). The van der Waals surface area contributed by atoms with Crippen molar-refractivity contribution in [2.24, 2.45) is 0 Å². The van der Waals surface area contributed by atoms with Crippen LogP contribution in [0, 0.1) is 13.8 Å². The van der Waals surface area contributed by atoms with Crippen LogP contribution in [0.15, 0.2) is 79.0 Å². The van der Waals surface area contributed by atoms with Crippen LogP contribution < -0.4 is 19.9 Å². The predicted molar refractivity (Wildman–Crippen MR) is 167 cm³/mol. The van der Waals surface area contributed by atoms with Crippen molar-refractivity contribution in [2.75, 3.05) is 23.9 Å². The summed E-state index contributed by atoms with van der Waals surface area (Å²) in [6.07, 6.45) is 6.98. The Morgan fingerprint density at radius 3 is 2.27 bits per heavy atom. The molecule has 0 bridgehead atoms. The molecule has 0 amide bonds. The van der Waals surface area contributed by atoms with E-state index in [1.165, 1.54) is 35.5 Å². The Morgan fingerprint density at radius 2 is 1.62 bits per heavy atom. The normalized spacial score (nSPS) is 19.2. The Labute approximate surface area is 242 Å². The molecular formula is C33H37N5OS. The van der Waals surface area contributed by atoms with Gasteiger partial charge in [0, 0.05) is 48.7 Å². The van der Waals surface area contributed by atoms with E-state index in [1.54, 1.807) is 0 Å². The second kappa shape index (κ2) is 11.0. The van der Waals surface area contributed by atoms with Crippen LogP contribution in [0.2, 0.25) is 0 Å². The lowest BCUT2D eigenvalue weighted by molar-refractivity contribution is 0.210. The van der Waals surface area contributed by atoms with Gasteiger partial charge in [-0.05, 0) is 124 Å². The predicted octanol–water partition coefficient (Wildman–Crippen LogP) is 7.05. The molecule has 2 atom stereocenters. The van der Waals surface area contributed by atoms with Crippen LogP contribution in [-0.2, 0) is 0 Å². The number of anilines is 2. The monoisotopic (exact) mass is 551 g/mol. The van der Waals surface area contributed by atoms with Crippen molar-refractivity contribution in [3.05, 3.63) is 102 Å². The van der Waals surface area contributed by atoms with Crippen molar-refractivity contribution < 1.29 is 4.74 Å². The van der Waals surface area contributed by atoms with Gasteiger partial charge >= 0.3 is 0 Å². The highest BCUT2D eigenvalue weighted by atomic mass is 32.1. The Balaban J connectivity index is 1.39. The maximum Gasteiger partial charge on any atom is 0.174 e. The van der Waals surface area contributed by atoms with E-state index < -0.39 is 0 Å². The Kier molecular flexibility index (Phi) is 7.24. The van der Waals surface area contributed by atoms with Crippen molar-refractivity contribution >= 4 is 28.7 Å². The standard InChI is InChI=1S/C33H37N5OS/c1-22-21-29(23(2)37(22)25-14-12-24(13-15-25)36(3)4)32-31(30-11-7-8-20-34-30)35-33(40)38(32)26-16-18-28(19-17-26)39-27-9-5-6-10-27/h7-8,11-21,27,31-32H,5-6,9-10H2,1-4H3,(H,35,40). The molecule has 2 unspecified atom stereocenters. The molecule has 1 N–H and O–H groups in total. The molecule has 4 aromatic rings. The van der Waals surface area contributed by atoms with Crippen LogP contribution in [0.4, 0.5) is 11.4 Å². The number of thiocarbonyl (C=S) groups is 1. The molecule has 206 valence electrons. The minimum absolute atomic E-state index is 0.0648. The van der Waals surface area contributed by atoms with Crippen molar-refractivity contribution in [3.8, 4) is 11.4 Å². The molecular weight excluding hydrogens is 514 g/mol. The number of aromatic nitrogens is 2. The summed E-state index contributed by atoms with van der Waals surface area (Å²) in [5.74, 6) is 0.922. The number of benzene rings is 2. The molecule has 1 aliphatic heterocycles. The Morgan fingerprint density at radius 1 is 0.925 bits per heavy atom. The van der Waals surface area contributed by atoms with Gasteiger partial charge in [-0.3, -0.25) is 4.98 Å². The average molecular weight is 552 g/mol. The van der Waals surface area contributed by atoms with Crippen molar-refractivity contribution in [2.45, 2.75) is 57.7 Å². The van der Waals surface area contributed by atoms with Crippen LogP contribution in [0.3, 0.4) is 0 Å². The third kappa shape index (κ3) is 4.94. The molecule has 0 radical (unpaired) electrons. The summed E-state index contributed by atoms with van der Waals surface area (Å²) >= 11 is 5.98. The number of hydrogen-bond donors (Lipinski definition) is 1. The molecule has 6 nitrogen and oxygen atoms in total. The third-order valence-electron chi connectivity index (χ3n) is 8.23. The van der Waals surface area contributed by atoms with Crippen molar-refractivity contribution in [1.82, 2.24) is 14.9 Å². The number of rotatable bonds is 7. The van der Waals surface area contributed by atoms with Crippen LogP contribution in [0.25, 0.3) is 5.69 Å². The van der Waals surface area contributed by atoms with E-state index in [-0.39, 0.29) is 12.1 Å². The van der Waals surface area contributed by atoms with Gasteiger partial charge < -0.3 is 24.4 Å². The van der Waals surface area contributed by atoms with Gasteiger partial charge in [0.1, 0.15) is 5.75 Å². The summed E-state index contributed by atoms with van der Waals surface area (Å²) in [7, 11) is 4.13. The molecule has 0 spiro atoms. The fourth-order valence-electron chi connectivity index (χ4n) is 6.22. The number of nitrogens with zero attached hydrogens (tertiary/aromatic N) is 4. The Hall–Kier alpha value is -3.84. The second-order valence-corrected chi connectivity index (χ2v) is 11.5. The largest absolute Gasteiger partial charge is 0.490 e. The highest BCUT2D eigenvalue weighted by Gasteiger charge is 2.42. The summed E-state index contributed by atoms with van der Waals surface area (Å²) in [4.78, 5) is 9.10. The van der Waals surface area contributed by atoms with Gasteiger partial charge in [-0.15, -0.1) is 0 Å². The lowest BCUT2D eigenvalue weighted by Crippen LogP contribution is -2.29. The lowest BCUT2D eigenvalue weighted by atomic mass is 9.96. The fourth-order valence-corrected chi connectivity index (χ4v) is 6.56. The van der Waals surface area contributed by atoms with Crippen LogP contribution in [-0.4, -0.2) is 34.9 Å². The molecule has 2 aromatic carbocycles. The SMILES string of the molecule is Cc1cc(C2C(c3ccccn3)NC(=S)N2c2ccc(OC3CCCC3)cc2)c(C)n1-c1ccc(N(C)C)cc1. The first-order valence-electron chi connectivity index (χ1n) is 14.1. The Bertz CT molecular complexity index is 1470. The number of hydrogen-bond acceptors (Lipinski definition) is 4. The highest BCUT2D eigenvalue weighted by molar-refractivity contribution is 7.80. The molecule has 2 aromatic heterocycles. The van der Waals surface area contributed by atoms with Gasteiger partial charge in [-0.2, -0.15) is 0 Å². The van der Waals surface area contributed by atoms with Crippen molar-refractivity contribution in [3.63, 3.8) is 0 Å². The molecule has 40 heavy (non-hydrogen) atoms. The molecule has 1 aliphatic carbocycles. The maximum atomic E-state index is 6.25. The zero-order valence-corrected chi connectivity index (χ0v) is 24.5. The van der Waals surface area contributed by atoms with Crippen LogP contribution >= 0.6 is 12.2 Å². The van der Waals surface area contributed by atoms with Crippen LogP contribution in [0.5, 0.6) is 5.75 Å². The summed E-state index contributed by atoms with van der Waals surface area (Å²) < 4.78 is 8.58. The molecule has 1 saturated carbocycles. The van der Waals surface area contributed by atoms with E-state index in [0.29, 0.717) is 11.2 Å². The van der Waals surface area contributed by atoms with Gasteiger partial charge in [-0.25, -0.2) is 0 Å². The minimum Gasteiger partial charge on any atom is -0.490 e.